The molecule has 0 saturated carbocycles. The van der Waals surface area contributed by atoms with Crippen LogP contribution in [-0.2, 0) is 43.2 Å². The third-order valence-electron chi connectivity index (χ3n) is 0. The van der Waals surface area contributed by atoms with Crippen LogP contribution >= 0.6 is 0 Å². The Bertz CT molecular complexity index is 164. The molecule has 0 aromatic rings. The number of rotatable bonds is 0. The zero-order valence-electron chi connectivity index (χ0n) is 11.3. The van der Waals surface area contributed by atoms with Gasteiger partial charge in [-0.25, -0.2) is 0 Å². The maximum atomic E-state index is 9.56. The van der Waals surface area contributed by atoms with Crippen molar-refractivity contribution in [1.82, 2.24) is 0 Å². The first-order valence-corrected chi connectivity index (χ1v) is 11.8. The molecule has 0 radical (unpaired) electrons. The molecule has 0 aliphatic carbocycles. The molecule has 0 aliphatic rings. The van der Waals surface area contributed by atoms with Crippen molar-refractivity contribution in [2.24, 2.45) is 0 Å². The van der Waals surface area contributed by atoms with E-state index in [2.05, 4.69) is 0 Å². The Morgan fingerprint density at radius 3 is 0.375 bits per heavy atom. The summed E-state index contributed by atoms with van der Waals surface area (Å²) in [5, 5.41) is 0. The summed E-state index contributed by atoms with van der Waals surface area (Å²) in [4.78, 5) is 0. The standard InChI is InChI=1S/4C2H6OS/c4*1-4(2)3/h4*1-2H3. The SMILES string of the molecule is CS(C)=O.CS(C)=O.CS(C)=O.CS(C)=O. The van der Waals surface area contributed by atoms with Crippen LogP contribution in [0.3, 0.4) is 0 Å². The normalized spacial score (nSPS) is 8.75. The van der Waals surface area contributed by atoms with Gasteiger partial charge in [0.05, 0.1) is 0 Å². The predicted octanol–water partition coefficient (Wildman–Crippen LogP) is -0.0212. The summed E-state index contributed by atoms with van der Waals surface area (Å²) >= 11 is 0. The van der Waals surface area contributed by atoms with E-state index in [9.17, 15) is 16.8 Å². The minimum atomic E-state index is -0.611. The maximum absolute atomic E-state index is 9.56. The molecule has 0 bridgehead atoms. The van der Waals surface area contributed by atoms with Crippen molar-refractivity contribution in [3.05, 3.63) is 0 Å². The van der Waals surface area contributed by atoms with Crippen LogP contribution in [0.2, 0.25) is 0 Å². The van der Waals surface area contributed by atoms with Crippen LogP contribution in [0, 0.1) is 0 Å². The predicted molar refractivity (Wildman–Crippen MR) is 80.0 cm³/mol. The lowest BCUT2D eigenvalue weighted by atomic mass is 11.9. The van der Waals surface area contributed by atoms with Gasteiger partial charge in [-0.3, -0.25) is 16.8 Å². The highest BCUT2D eigenvalue weighted by atomic mass is 32.2. The second-order valence-corrected chi connectivity index (χ2v) is 8.90. The Morgan fingerprint density at radius 2 is 0.375 bits per heavy atom. The number of hydrogen-bond acceptors (Lipinski definition) is 4. The smallest absolute Gasteiger partial charge is 0.0148 e. The second-order valence-electron chi connectivity index (χ2n) is 2.97. The average Bonchev–Trinajstić information content (AvgIpc) is 1.76. The molecule has 0 rings (SSSR count). The van der Waals surface area contributed by atoms with E-state index in [-0.39, 0.29) is 0 Å². The van der Waals surface area contributed by atoms with Gasteiger partial charge in [-0.1, -0.05) is 0 Å². The van der Waals surface area contributed by atoms with Crippen molar-refractivity contribution in [2.45, 2.75) is 0 Å². The van der Waals surface area contributed by atoms with E-state index >= 15 is 0 Å². The quantitative estimate of drug-likeness (QED) is 0.630. The first-order chi connectivity index (χ1) is 6.93. The molecule has 0 atom stereocenters. The van der Waals surface area contributed by atoms with Crippen LogP contribution in [0.25, 0.3) is 0 Å². The highest BCUT2D eigenvalue weighted by Gasteiger charge is 1.58. The van der Waals surface area contributed by atoms with Crippen molar-refractivity contribution in [3.63, 3.8) is 0 Å². The van der Waals surface area contributed by atoms with Gasteiger partial charge in [-0.2, -0.15) is 0 Å². The molecule has 0 aliphatic heterocycles. The molecule has 0 N–H and O–H groups in total. The van der Waals surface area contributed by atoms with Gasteiger partial charge in [-0.05, 0) is 0 Å². The van der Waals surface area contributed by atoms with Gasteiger partial charge in [0.15, 0.2) is 0 Å². The molecule has 0 spiro atoms. The second kappa shape index (κ2) is 20.9. The molecular formula is C8H24O4S4. The Kier molecular flexibility index (Phi) is 33.3. The summed E-state index contributed by atoms with van der Waals surface area (Å²) < 4.78 is 38.2. The molecule has 0 amide bonds. The van der Waals surface area contributed by atoms with Crippen molar-refractivity contribution in [1.29, 1.82) is 0 Å². The van der Waals surface area contributed by atoms with Gasteiger partial charge in [-0.15, -0.1) is 0 Å². The lowest BCUT2D eigenvalue weighted by molar-refractivity contribution is 0.689. The van der Waals surface area contributed by atoms with E-state index in [1.165, 1.54) is 0 Å². The zero-order chi connectivity index (χ0) is 14.3. The largest absolute Gasteiger partial charge is 0.260 e. The summed E-state index contributed by atoms with van der Waals surface area (Å²) in [6.07, 6.45) is 13.1. The van der Waals surface area contributed by atoms with Gasteiger partial charge >= 0.3 is 0 Å². The van der Waals surface area contributed by atoms with E-state index in [1.807, 2.05) is 0 Å². The van der Waals surface area contributed by atoms with Crippen molar-refractivity contribution in [3.8, 4) is 0 Å². The molecule has 4 nitrogen and oxygen atoms in total. The van der Waals surface area contributed by atoms with Crippen molar-refractivity contribution in [2.75, 3.05) is 50.0 Å². The minimum absolute atomic E-state index is 0.611. The first kappa shape index (κ1) is 25.4. The maximum Gasteiger partial charge on any atom is 0.0148 e. The molecule has 0 aromatic heterocycles. The van der Waals surface area contributed by atoms with E-state index < -0.39 is 43.2 Å². The highest BCUT2D eigenvalue weighted by molar-refractivity contribution is 7.84. The number of hydrogen-bond donors (Lipinski definition) is 0. The van der Waals surface area contributed by atoms with Crippen LogP contribution < -0.4 is 0 Å². The van der Waals surface area contributed by atoms with Crippen LogP contribution in [0.4, 0.5) is 0 Å². The fourth-order valence-electron chi connectivity index (χ4n) is 0. The topological polar surface area (TPSA) is 68.3 Å². The van der Waals surface area contributed by atoms with Gasteiger partial charge in [0.1, 0.15) is 0 Å². The van der Waals surface area contributed by atoms with Crippen molar-refractivity contribution >= 4 is 43.2 Å². The third kappa shape index (κ3) is 7500. The lowest BCUT2D eigenvalue weighted by Crippen LogP contribution is -1.70. The molecule has 0 fully saturated rings. The Balaban J connectivity index is -0.0000000600. The average molecular weight is 313 g/mol. The van der Waals surface area contributed by atoms with Crippen molar-refractivity contribution < 1.29 is 16.8 Å². The lowest BCUT2D eigenvalue weighted by Gasteiger charge is -1.60. The summed E-state index contributed by atoms with van der Waals surface area (Å²) in [5.41, 5.74) is 0. The van der Waals surface area contributed by atoms with Gasteiger partial charge in [0.2, 0.25) is 0 Å². The Hall–Kier alpha value is 0.600. The van der Waals surface area contributed by atoms with Crippen LogP contribution in [0.5, 0.6) is 0 Å². The Morgan fingerprint density at radius 1 is 0.375 bits per heavy atom. The highest BCUT2D eigenvalue weighted by Crippen LogP contribution is 1.48. The van der Waals surface area contributed by atoms with E-state index in [1.54, 1.807) is 50.0 Å². The monoisotopic (exact) mass is 312 g/mol. The summed E-state index contributed by atoms with van der Waals surface area (Å²) in [6.45, 7) is 0. The summed E-state index contributed by atoms with van der Waals surface area (Å²) in [5.74, 6) is 0. The van der Waals surface area contributed by atoms with E-state index in [4.69, 9.17) is 0 Å². The molecule has 8 heteroatoms. The summed E-state index contributed by atoms with van der Waals surface area (Å²) in [7, 11) is -2.44. The molecule has 16 heavy (non-hydrogen) atoms. The fraction of sp³-hybridized carbons (Fsp3) is 1.00. The van der Waals surface area contributed by atoms with Gasteiger partial charge in [0, 0.05) is 93.2 Å². The van der Waals surface area contributed by atoms with Crippen LogP contribution in [-0.4, -0.2) is 66.9 Å². The zero-order valence-corrected chi connectivity index (χ0v) is 14.5. The Labute approximate surface area is 110 Å². The summed E-state index contributed by atoms with van der Waals surface area (Å²) in [6, 6.07) is 0. The molecule has 104 valence electrons. The van der Waals surface area contributed by atoms with Gasteiger partial charge < -0.3 is 0 Å². The van der Waals surface area contributed by atoms with Gasteiger partial charge in [0.25, 0.3) is 0 Å². The third-order valence-corrected chi connectivity index (χ3v) is 0. The molecule has 0 saturated heterocycles. The molecule has 0 aromatic carbocycles. The first-order valence-electron chi connectivity index (χ1n) is 3.93. The van der Waals surface area contributed by atoms with E-state index in [0.29, 0.717) is 0 Å². The van der Waals surface area contributed by atoms with Crippen LogP contribution in [0.1, 0.15) is 0 Å². The fourth-order valence-corrected chi connectivity index (χ4v) is 0. The minimum Gasteiger partial charge on any atom is -0.260 e. The molecule has 0 heterocycles. The van der Waals surface area contributed by atoms with Crippen LogP contribution in [0.15, 0.2) is 0 Å². The molecular weight excluding hydrogens is 288 g/mol. The van der Waals surface area contributed by atoms with E-state index in [0.717, 1.165) is 0 Å². The molecule has 0 unspecified atom stereocenters.